The number of hydrogen-bond acceptors (Lipinski definition) is 4. The van der Waals surface area contributed by atoms with Crippen LogP contribution < -0.4 is 14.8 Å². The van der Waals surface area contributed by atoms with Gasteiger partial charge in [-0.1, -0.05) is 0 Å². The molecule has 0 unspecified atom stereocenters. The van der Waals surface area contributed by atoms with E-state index in [1.54, 1.807) is 25.4 Å². The second-order valence-corrected chi connectivity index (χ2v) is 5.48. The number of aromatic amines is 1. The summed E-state index contributed by atoms with van der Waals surface area (Å²) in [6.07, 6.45) is 1.77. The average Bonchev–Trinajstić information content (AvgIpc) is 3.11. The number of H-pyrrole nitrogens is 1. The van der Waals surface area contributed by atoms with Crippen molar-refractivity contribution in [1.29, 1.82) is 0 Å². The molecule has 2 aromatic carbocycles. The Balaban J connectivity index is 1.46. The zero-order chi connectivity index (χ0) is 17.5. The van der Waals surface area contributed by atoms with Gasteiger partial charge in [0.2, 0.25) is 0 Å². The first kappa shape index (κ1) is 17.0. The van der Waals surface area contributed by atoms with Crippen molar-refractivity contribution in [2.75, 3.05) is 20.3 Å². The summed E-state index contributed by atoms with van der Waals surface area (Å²) in [6.45, 7) is 1.89. The maximum absolute atomic E-state index is 13.0. The minimum atomic E-state index is -0.251. The van der Waals surface area contributed by atoms with Crippen LogP contribution in [0.25, 0.3) is 11.3 Å². The van der Waals surface area contributed by atoms with E-state index >= 15 is 0 Å². The number of nitrogens with zero attached hydrogens (tertiary/aromatic N) is 1. The van der Waals surface area contributed by atoms with Gasteiger partial charge in [0.1, 0.15) is 23.9 Å². The largest absolute Gasteiger partial charge is 0.497 e. The van der Waals surface area contributed by atoms with Crippen LogP contribution in [0.2, 0.25) is 0 Å². The predicted octanol–water partition coefficient (Wildman–Crippen LogP) is 3.39. The van der Waals surface area contributed by atoms with Gasteiger partial charge in [-0.2, -0.15) is 5.10 Å². The first-order valence-corrected chi connectivity index (χ1v) is 8.02. The van der Waals surface area contributed by atoms with Crippen LogP contribution >= 0.6 is 0 Å². The fraction of sp³-hybridized carbons (Fsp3) is 0.211. The molecule has 3 rings (SSSR count). The molecular weight excluding hydrogens is 321 g/mol. The number of nitrogens with one attached hydrogen (secondary N) is 2. The normalized spacial score (nSPS) is 10.6. The molecular formula is C19H20FN3O2. The van der Waals surface area contributed by atoms with Gasteiger partial charge < -0.3 is 14.8 Å². The molecule has 6 heteroatoms. The smallest absolute Gasteiger partial charge is 0.123 e. The van der Waals surface area contributed by atoms with Crippen LogP contribution in [-0.2, 0) is 6.54 Å². The van der Waals surface area contributed by atoms with Crippen molar-refractivity contribution in [3.63, 3.8) is 0 Å². The molecule has 0 atom stereocenters. The minimum absolute atomic E-state index is 0.251. The molecule has 0 aliphatic heterocycles. The maximum atomic E-state index is 13.0. The van der Waals surface area contributed by atoms with Crippen LogP contribution in [0.5, 0.6) is 11.5 Å². The maximum Gasteiger partial charge on any atom is 0.123 e. The molecule has 130 valence electrons. The number of ether oxygens (including phenoxy) is 2. The SMILES string of the molecule is COc1ccc(OCCNCc2cn[nH]c2-c2ccc(F)cc2)cc1. The molecule has 0 spiro atoms. The first-order chi connectivity index (χ1) is 12.3. The van der Waals surface area contributed by atoms with Gasteiger partial charge >= 0.3 is 0 Å². The second-order valence-electron chi connectivity index (χ2n) is 5.48. The lowest BCUT2D eigenvalue weighted by atomic mass is 10.1. The monoisotopic (exact) mass is 341 g/mol. The summed E-state index contributed by atoms with van der Waals surface area (Å²) in [4.78, 5) is 0. The lowest BCUT2D eigenvalue weighted by molar-refractivity contribution is 0.313. The molecule has 0 fully saturated rings. The summed E-state index contributed by atoms with van der Waals surface area (Å²) in [7, 11) is 1.63. The van der Waals surface area contributed by atoms with Crippen LogP contribution in [-0.4, -0.2) is 30.5 Å². The van der Waals surface area contributed by atoms with E-state index in [4.69, 9.17) is 9.47 Å². The van der Waals surface area contributed by atoms with Crippen LogP contribution in [0.1, 0.15) is 5.56 Å². The van der Waals surface area contributed by atoms with Crippen LogP contribution in [0.4, 0.5) is 4.39 Å². The van der Waals surface area contributed by atoms with Gasteiger partial charge in [-0.3, -0.25) is 5.10 Å². The van der Waals surface area contributed by atoms with E-state index < -0.39 is 0 Å². The van der Waals surface area contributed by atoms with Crippen LogP contribution in [0.15, 0.2) is 54.7 Å². The Bertz CT molecular complexity index is 785. The number of benzene rings is 2. The molecule has 5 nitrogen and oxygen atoms in total. The van der Waals surface area contributed by atoms with Crippen molar-refractivity contribution in [3.8, 4) is 22.8 Å². The number of halogens is 1. The molecule has 0 saturated heterocycles. The van der Waals surface area contributed by atoms with E-state index in [1.165, 1.54) is 12.1 Å². The number of methoxy groups -OCH3 is 1. The number of aromatic nitrogens is 2. The fourth-order valence-corrected chi connectivity index (χ4v) is 2.45. The third-order valence-electron chi connectivity index (χ3n) is 3.77. The summed E-state index contributed by atoms with van der Waals surface area (Å²) >= 11 is 0. The zero-order valence-electron chi connectivity index (χ0n) is 14.0. The van der Waals surface area contributed by atoms with Gasteiger partial charge in [0, 0.05) is 24.2 Å². The van der Waals surface area contributed by atoms with E-state index in [1.807, 2.05) is 24.3 Å². The standard InChI is InChI=1S/C19H20FN3O2/c1-24-17-6-8-18(9-7-17)25-11-10-21-12-15-13-22-23-19(15)14-2-4-16(20)5-3-14/h2-9,13,21H,10-12H2,1H3,(H,22,23). The third kappa shape index (κ3) is 4.58. The highest BCUT2D eigenvalue weighted by Crippen LogP contribution is 2.21. The fourth-order valence-electron chi connectivity index (χ4n) is 2.45. The van der Waals surface area contributed by atoms with Gasteiger partial charge in [-0.15, -0.1) is 0 Å². The second kappa shape index (κ2) is 8.30. The van der Waals surface area contributed by atoms with E-state index in [0.717, 1.165) is 28.3 Å². The minimum Gasteiger partial charge on any atom is -0.497 e. The van der Waals surface area contributed by atoms with Gasteiger partial charge in [0.25, 0.3) is 0 Å². The molecule has 2 N–H and O–H groups in total. The van der Waals surface area contributed by atoms with Gasteiger partial charge in [-0.25, -0.2) is 4.39 Å². The molecule has 0 saturated carbocycles. The molecule has 0 aliphatic rings. The molecule has 3 aromatic rings. The Labute approximate surface area is 145 Å². The predicted molar refractivity (Wildman–Crippen MR) is 94.2 cm³/mol. The molecule has 1 aromatic heterocycles. The van der Waals surface area contributed by atoms with E-state index in [0.29, 0.717) is 19.7 Å². The Morgan fingerprint density at radius 3 is 2.48 bits per heavy atom. The lowest BCUT2D eigenvalue weighted by Gasteiger charge is -2.08. The van der Waals surface area contributed by atoms with E-state index in [9.17, 15) is 4.39 Å². The van der Waals surface area contributed by atoms with Gasteiger partial charge in [0.05, 0.1) is 19.0 Å². The summed E-state index contributed by atoms with van der Waals surface area (Å²) in [5.74, 6) is 1.36. The van der Waals surface area contributed by atoms with Crippen molar-refractivity contribution < 1.29 is 13.9 Å². The molecule has 1 heterocycles. The molecule has 25 heavy (non-hydrogen) atoms. The zero-order valence-corrected chi connectivity index (χ0v) is 14.0. The van der Waals surface area contributed by atoms with Crippen molar-refractivity contribution >= 4 is 0 Å². The van der Waals surface area contributed by atoms with Gasteiger partial charge in [-0.05, 0) is 48.5 Å². The average molecular weight is 341 g/mol. The molecule has 0 radical (unpaired) electrons. The molecule has 0 bridgehead atoms. The first-order valence-electron chi connectivity index (χ1n) is 8.02. The number of rotatable bonds is 8. The lowest BCUT2D eigenvalue weighted by Crippen LogP contribution is -2.20. The van der Waals surface area contributed by atoms with Crippen molar-refractivity contribution in [1.82, 2.24) is 15.5 Å². The summed E-state index contributed by atoms with van der Waals surface area (Å²) in [6, 6.07) is 13.8. The van der Waals surface area contributed by atoms with E-state index in [-0.39, 0.29) is 5.82 Å². The summed E-state index contributed by atoms with van der Waals surface area (Å²) in [5.41, 5.74) is 2.82. The Hall–Kier alpha value is -2.86. The van der Waals surface area contributed by atoms with Crippen molar-refractivity contribution in [3.05, 3.63) is 66.1 Å². The van der Waals surface area contributed by atoms with Crippen LogP contribution in [0.3, 0.4) is 0 Å². The number of hydrogen-bond donors (Lipinski definition) is 2. The topological polar surface area (TPSA) is 59.2 Å². The highest BCUT2D eigenvalue weighted by atomic mass is 19.1. The Kier molecular flexibility index (Phi) is 5.64. The Morgan fingerprint density at radius 1 is 1.04 bits per heavy atom. The summed E-state index contributed by atoms with van der Waals surface area (Å²) in [5, 5.41) is 10.4. The highest BCUT2D eigenvalue weighted by molar-refractivity contribution is 5.62. The summed E-state index contributed by atoms with van der Waals surface area (Å²) < 4.78 is 23.8. The highest BCUT2D eigenvalue weighted by Gasteiger charge is 2.07. The third-order valence-corrected chi connectivity index (χ3v) is 3.77. The molecule has 0 aliphatic carbocycles. The van der Waals surface area contributed by atoms with Crippen molar-refractivity contribution in [2.24, 2.45) is 0 Å². The molecule has 0 amide bonds. The van der Waals surface area contributed by atoms with E-state index in [2.05, 4.69) is 15.5 Å². The van der Waals surface area contributed by atoms with Crippen LogP contribution in [0, 0.1) is 5.82 Å². The quantitative estimate of drug-likeness (QED) is 0.617. The Morgan fingerprint density at radius 2 is 1.76 bits per heavy atom. The van der Waals surface area contributed by atoms with Gasteiger partial charge in [0.15, 0.2) is 0 Å². The van der Waals surface area contributed by atoms with Crippen molar-refractivity contribution in [2.45, 2.75) is 6.54 Å².